The van der Waals surface area contributed by atoms with Gasteiger partial charge in [0.05, 0.1) is 0 Å². The van der Waals surface area contributed by atoms with Crippen molar-refractivity contribution in [3.63, 3.8) is 0 Å². The smallest absolute Gasteiger partial charge is 0.436 e. The Balaban J connectivity index is 4.99. The van der Waals surface area contributed by atoms with E-state index in [1.54, 1.807) is 21.3 Å². The highest BCUT2D eigenvalue weighted by Crippen LogP contribution is 2.32. The SMILES string of the molecule is C=CCC(F)(CC=C)O[Si](C)(C)O[Si](C)(C)CC[Si](OC)(OC)OC. The van der Waals surface area contributed by atoms with Crippen LogP contribution in [0.2, 0.25) is 38.3 Å². The van der Waals surface area contributed by atoms with Crippen molar-refractivity contribution >= 4 is 25.7 Å². The van der Waals surface area contributed by atoms with E-state index in [1.807, 2.05) is 13.1 Å². The second kappa shape index (κ2) is 10.3. The van der Waals surface area contributed by atoms with Crippen LogP contribution in [-0.2, 0) is 21.8 Å². The van der Waals surface area contributed by atoms with Crippen molar-refractivity contribution in [2.45, 2.75) is 57.0 Å². The zero-order valence-corrected chi connectivity index (χ0v) is 19.8. The van der Waals surface area contributed by atoms with E-state index in [0.717, 1.165) is 6.04 Å². The van der Waals surface area contributed by atoms with Gasteiger partial charge in [-0.15, -0.1) is 13.2 Å². The Morgan fingerprint density at radius 2 is 1.32 bits per heavy atom. The third-order valence-electron chi connectivity index (χ3n) is 3.82. The minimum Gasteiger partial charge on any atom is -0.436 e. The molecule has 0 aliphatic rings. The van der Waals surface area contributed by atoms with E-state index in [1.165, 1.54) is 12.2 Å². The van der Waals surface area contributed by atoms with Crippen LogP contribution in [-0.4, -0.2) is 52.9 Å². The Labute approximate surface area is 155 Å². The Morgan fingerprint density at radius 3 is 1.68 bits per heavy atom. The molecule has 0 saturated carbocycles. The number of rotatable bonds is 14. The molecule has 0 aromatic carbocycles. The molecule has 0 N–H and O–H groups in total. The summed E-state index contributed by atoms with van der Waals surface area (Å²) in [6.07, 6.45) is 3.25. The Bertz CT molecular complexity index is 410. The van der Waals surface area contributed by atoms with Crippen molar-refractivity contribution in [3.05, 3.63) is 25.3 Å². The molecule has 0 bridgehead atoms. The molecule has 0 heterocycles. The van der Waals surface area contributed by atoms with Crippen LogP contribution >= 0.6 is 0 Å². The molecule has 5 nitrogen and oxygen atoms in total. The third-order valence-corrected chi connectivity index (χ3v) is 13.5. The number of hydrogen-bond donors (Lipinski definition) is 0. The summed E-state index contributed by atoms with van der Waals surface area (Å²) in [6.45, 7) is 15.1. The fraction of sp³-hybridized carbons (Fsp3) is 0.750. The van der Waals surface area contributed by atoms with Crippen molar-refractivity contribution in [2.24, 2.45) is 0 Å². The molecule has 0 fully saturated rings. The molecular weight excluding hydrogens is 375 g/mol. The zero-order valence-electron chi connectivity index (χ0n) is 16.8. The second-order valence-electron chi connectivity index (χ2n) is 7.03. The van der Waals surface area contributed by atoms with Crippen LogP contribution in [0.1, 0.15) is 12.8 Å². The van der Waals surface area contributed by atoms with Crippen molar-refractivity contribution in [1.82, 2.24) is 0 Å². The fourth-order valence-corrected chi connectivity index (χ4v) is 14.5. The number of halogens is 1. The van der Waals surface area contributed by atoms with Gasteiger partial charge in [-0.3, -0.25) is 0 Å². The van der Waals surface area contributed by atoms with Gasteiger partial charge in [0.25, 0.3) is 0 Å². The highest BCUT2D eigenvalue weighted by atomic mass is 28.4. The van der Waals surface area contributed by atoms with Gasteiger partial charge in [0.1, 0.15) is 0 Å². The monoisotopic (exact) mass is 410 g/mol. The predicted molar refractivity (Wildman–Crippen MR) is 107 cm³/mol. The first-order valence-electron chi connectivity index (χ1n) is 8.39. The number of alkyl halides is 1. The van der Waals surface area contributed by atoms with E-state index in [0.29, 0.717) is 6.04 Å². The summed E-state index contributed by atoms with van der Waals surface area (Å²) in [5, 5.41) is 0. The lowest BCUT2D eigenvalue weighted by Gasteiger charge is -2.38. The molecule has 0 aliphatic heterocycles. The molecule has 9 heteroatoms. The van der Waals surface area contributed by atoms with Crippen molar-refractivity contribution in [2.75, 3.05) is 21.3 Å². The lowest BCUT2D eigenvalue weighted by atomic mass is 10.1. The van der Waals surface area contributed by atoms with Crippen LogP contribution in [0.4, 0.5) is 4.39 Å². The van der Waals surface area contributed by atoms with E-state index < -0.39 is 31.5 Å². The van der Waals surface area contributed by atoms with E-state index in [9.17, 15) is 4.39 Å². The first-order valence-corrected chi connectivity index (χ1v) is 16.3. The molecule has 0 unspecified atom stereocenters. The van der Waals surface area contributed by atoms with Gasteiger partial charge in [-0.1, -0.05) is 12.2 Å². The van der Waals surface area contributed by atoms with Crippen LogP contribution in [0.3, 0.4) is 0 Å². The number of hydrogen-bond acceptors (Lipinski definition) is 5. The molecule has 0 aromatic heterocycles. The maximum Gasteiger partial charge on any atom is 0.499 e. The van der Waals surface area contributed by atoms with E-state index in [-0.39, 0.29) is 12.8 Å². The molecule has 0 radical (unpaired) electrons. The quantitative estimate of drug-likeness (QED) is 0.309. The first kappa shape index (κ1) is 24.9. The van der Waals surface area contributed by atoms with Crippen LogP contribution in [0.25, 0.3) is 0 Å². The molecule has 0 saturated heterocycles. The Morgan fingerprint density at radius 1 is 0.880 bits per heavy atom. The molecule has 0 rings (SSSR count). The molecule has 0 aliphatic carbocycles. The minimum absolute atomic E-state index is 0.105. The van der Waals surface area contributed by atoms with Crippen LogP contribution < -0.4 is 0 Å². The van der Waals surface area contributed by atoms with Crippen LogP contribution in [0, 0.1) is 0 Å². The summed E-state index contributed by atoms with van der Waals surface area (Å²) in [5.74, 6) is -1.81. The van der Waals surface area contributed by atoms with Gasteiger partial charge in [-0.05, 0) is 32.2 Å². The molecule has 148 valence electrons. The normalized spacial score (nSPS) is 13.8. The average Bonchev–Trinajstić information content (AvgIpc) is 2.47. The van der Waals surface area contributed by atoms with Crippen LogP contribution in [0.15, 0.2) is 25.3 Å². The highest BCUT2D eigenvalue weighted by Gasteiger charge is 2.45. The summed E-state index contributed by atoms with van der Waals surface area (Å²) in [7, 11) is -2.68. The van der Waals surface area contributed by atoms with E-state index in [2.05, 4.69) is 26.3 Å². The third kappa shape index (κ3) is 8.87. The van der Waals surface area contributed by atoms with Crippen LogP contribution in [0.5, 0.6) is 0 Å². The first-order chi connectivity index (χ1) is 11.4. The topological polar surface area (TPSA) is 46.2 Å². The van der Waals surface area contributed by atoms with Gasteiger partial charge < -0.3 is 21.8 Å². The van der Waals surface area contributed by atoms with Crippen molar-refractivity contribution in [3.8, 4) is 0 Å². The lowest BCUT2D eigenvalue weighted by molar-refractivity contribution is -0.0756. The van der Waals surface area contributed by atoms with Gasteiger partial charge in [0.2, 0.25) is 5.85 Å². The van der Waals surface area contributed by atoms with E-state index in [4.69, 9.17) is 21.8 Å². The van der Waals surface area contributed by atoms with Crippen molar-refractivity contribution < 1.29 is 26.2 Å². The summed E-state index contributed by atoms with van der Waals surface area (Å²) in [5.41, 5.74) is 0. The summed E-state index contributed by atoms with van der Waals surface area (Å²) in [6, 6.07) is 1.43. The Kier molecular flexibility index (Phi) is 10.2. The Hall–Kier alpha value is -0.139. The molecule has 0 spiro atoms. The molecule has 0 amide bonds. The molecular formula is C16H35FO5Si3. The fourth-order valence-electron chi connectivity index (χ4n) is 2.79. The highest BCUT2D eigenvalue weighted by molar-refractivity contribution is 6.83. The lowest BCUT2D eigenvalue weighted by Crippen LogP contribution is -2.52. The zero-order chi connectivity index (χ0) is 19.8. The largest absolute Gasteiger partial charge is 0.499 e. The average molecular weight is 411 g/mol. The minimum atomic E-state index is -2.69. The predicted octanol–water partition coefficient (Wildman–Crippen LogP) is 4.62. The molecule has 0 aromatic rings. The summed E-state index contributed by atoms with van der Waals surface area (Å²) >= 11 is 0. The van der Waals surface area contributed by atoms with Gasteiger partial charge in [0, 0.05) is 40.2 Å². The van der Waals surface area contributed by atoms with Gasteiger partial charge in [-0.2, -0.15) is 0 Å². The molecule has 25 heavy (non-hydrogen) atoms. The van der Waals surface area contributed by atoms with Gasteiger partial charge >= 0.3 is 17.4 Å². The van der Waals surface area contributed by atoms with Gasteiger partial charge in [-0.25, -0.2) is 4.39 Å². The van der Waals surface area contributed by atoms with E-state index >= 15 is 0 Å². The maximum absolute atomic E-state index is 15.0. The summed E-state index contributed by atoms with van der Waals surface area (Å²) in [4.78, 5) is 0. The maximum atomic E-state index is 15.0. The van der Waals surface area contributed by atoms with Crippen molar-refractivity contribution in [1.29, 1.82) is 0 Å². The second-order valence-corrected chi connectivity index (χ2v) is 18.0. The standard InChI is InChI=1S/C16H35FO5Si3/c1-10-12-16(17,13-11-2)21-24(8,9)22-23(6,7)14-15-25(18-3,19-4)20-5/h10-11H,1-2,12-15H2,3-9H3. The van der Waals surface area contributed by atoms with Gasteiger partial charge in [0.15, 0.2) is 8.32 Å². The summed E-state index contributed by atoms with van der Waals surface area (Å²) < 4.78 is 43.5. The molecule has 0 atom stereocenters.